The molecule has 0 heterocycles. The Balaban J connectivity index is 2.12. The van der Waals surface area contributed by atoms with Gasteiger partial charge < -0.3 is 9.79 Å². The van der Waals surface area contributed by atoms with Crippen LogP contribution >= 0.6 is 16.1 Å². The van der Waals surface area contributed by atoms with Gasteiger partial charge in [-0.05, 0) is 22.3 Å². The molecule has 0 aromatic heterocycles. The van der Waals surface area contributed by atoms with E-state index in [9.17, 15) is 18.9 Å². The average Bonchev–Trinajstić information content (AvgIpc) is 2.93. The second kappa shape index (κ2) is 10.5. The van der Waals surface area contributed by atoms with E-state index in [2.05, 4.69) is 0 Å². The topological polar surface area (TPSA) is 80.3 Å². The minimum atomic E-state index is -3.27. The van der Waals surface area contributed by atoms with Crippen LogP contribution in [0, 0.1) is 0 Å². The molecule has 5 aromatic carbocycles. The first kappa shape index (κ1) is 23.9. The van der Waals surface area contributed by atoms with Crippen molar-refractivity contribution in [1.82, 2.24) is 0 Å². The van der Waals surface area contributed by atoms with Crippen LogP contribution in [0.1, 0.15) is 0 Å². The largest absolute Gasteiger partial charge is 0.591 e. The highest BCUT2D eigenvalue weighted by molar-refractivity contribution is 7.54. The van der Waals surface area contributed by atoms with Gasteiger partial charge in [0.05, 0.1) is 0 Å². The summed E-state index contributed by atoms with van der Waals surface area (Å²) >= 11 is 0. The smallest absolute Gasteiger partial charge is 0.354 e. The van der Waals surface area contributed by atoms with E-state index >= 15 is 0 Å². The summed E-state index contributed by atoms with van der Waals surface area (Å²) in [5.74, 6) is 0. The highest BCUT2D eigenvalue weighted by Crippen LogP contribution is 2.47. The molecule has 2 unspecified atom stereocenters. The molecule has 0 fully saturated rings. The first-order chi connectivity index (χ1) is 17.6. The van der Waals surface area contributed by atoms with Gasteiger partial charge in [-0.25, -0.2) is 0 Å². The van der Waals surface area contributed by atoms with Gasteiger partial charge in [-0.15, -0.1) is 0 Å². The highest BCUT2D eigenvalue weighted by Gasteiger charge is 2.39. The average molecular weight is 506 g/mol. The highest BCUT2D eigenvalue weighted by atomic mass is 31.1. The lowest BCUT2D eigenvalue weighted by Crippen LogP contribution is -2.29. The molecule has 0 radical (unpaired) electrons. The maximum Gasteiger partial charge on any atom is 0.354 e. The van der Waals surface area contributed by atoms with Crippen molar-refractivity contribution in [3.05, 3.63) is 121 Å². The zero-order valence-corrected chi connectivity index (χ0v) is 20.9. The maximum absolute atomic E-state index is 12.9. The summed E-state index contributed by atoms with van der Waals surface area (Å²) in [7, 11) is -6.54. The third-order valence-electron chi connectivity index (χ3n) is 6.06. The molecule has 0 saturated carbocycles. The molecular weight excluding hydrogens is 486 g/mol. The quantitative estimate of drug-likeness (QED) is 0.272. The summed E-state index contributed by atoms with van der Waals surface area (Å²) < 4.78 is 25.8. The summed E-state index contributed by atoms with van der Waals surface area (Å²) in [6.45, 7) is 0. The summed E-state index contributed by atoms with van der Waals surface area (Å²) in [6.07, 6.45) is 0. The van der Waals surface area contributed by atoms with E-state index in [0.29, 0.717) is 33.4 Å². The van der Waals surface area contributed by atoms with Gasteiger partial charge in [-0.2, -0.15) is 0 Å². The summed E-state index contributed by atoms with van der Waals surface area (Å²) in [6, 6.07) is 37.2. The Morgan fingerprint density at radius 3 is 0.806 bits per heavy atom. The van der Waals surface area contributed by atoms with Gasteiger partial charge in [0.15, 0.2) is 0 Å². The Bertz CT molecular complexity index is 1430. The van der Waals surface area contributed by atoms with Crippen molar-refractivity contribution in [2.75, 3.05) is 0 Å². The number of hydrogen-bond acceptors (Lipinski definition) is 4. The molecule has 36 heavy (non-hydrogen) atoms. The molecule has 0 aliphatic carbocycles. The van der Waals surface area contributed by atoms with Crippen molar-refractivity contribution in [3.63, 3.8) is 0 Å². The molecule has 174 valence electrons. The number of rotatable bonds is 6. The monoisotopic (exact) mass is 506 g/mol. The normalized spacial score (nSPS) is 11.7. The molecule has 2 atom stereocenters. The second-order valence-corrected chi connectivity index (χ2v) is 10.1. The Morgan fingerprint density at radius 1 is 0.361 bits per heavy atom. The minimum Gasteiger partial charge on any atom is -0.591 e. The van der Waals surface area contributed by atoms with Gasteiger partial charge in [0, 0.05) is 22.3 Å². The zero-order valence-electron chi connectivity index (χ0n) is 19.1. The molecule has 6 heteroatoms. The van der Waals surface area contributed by atoms with E-state index in [-0.39, 0.29) is 10.6 Å². The van der Waals surface area contributed by atoms with Crippen LogP contribution in [0.5, 0.6) is 0 Å². The van der Waals surface area contributed by atoms with Crippen LogP contribution in [0.3, 0.4) is 0 Å². The Hall–Kier alpha value is -3.78. The van der Waals surface area contributed by atoms with Gasteiger partial charge in [-0.1, -0.05) is 130 Å². The molecule has 0 spiro atoms. The molecule has 0 amide bonds. The van der Waals surface area contributed by atoms with Crippen LogP contribution in [-0.2, 0) is 9.13 Å². The van der Waals surface area contributed by atoms with Gasteiger partial charge >= 0.3 is 16.1 Å². The van der Waals surface area contributed by atoms with Gasteiger partial charge in [0.1, 0.15) is 0 Å². The van der Waals surface area contributed by atoms with Crippen molar-refractivity contribution in [3.8, 4) is 44.5 Å². The van der Waals surface area contributed by atoms with Gasteiger partial charge in [0.2, 0.25) is 10.6 Å². The van der Waals surface area contributed by atoms with Crippen molar-refractivity contribution in [2.45, 2.75) is 0 Å². The molecule has 4 nitrogen and oxygen atoms in total. The predicted octanol–water partition coefficient (Wildman–Crippen LogP) is 5.81. The minimum absolute atomic E-state index is 0.190. The van der Waals surface area contributed by atoms with Crippen LogP contribution in [0.25, 0.3) is 44.5 Å². The second-order valence-electron chi connectivity index (χ2n) is 8.18. The SMILES string of the molecule is O=[P+]([O-])c1c(-c2ccccc2)c(-c2ccccc2)c(-c2ccccc2)c(-c2ccccc2)c1[P+](=O)[O-]. The third kappa shape index (κ3) is 4.44. The van der Waals surface area contributed by atoms with E-state index in [1.165, 1.54) is 0 Å². The lowest BCUT2D eigenvalue weighted by molar-refractivity contribution is -0.162. The Morgan fingerprint density at radius 2 is 0.583 bits per heavy atom. The summed E-state index contributed by atoms with van der Waals surface area (Å²) in [4.78, 5) is 25.8. The molecule has 5 aromatic rings. The van der Waals surface area contributed by atoms with E-state index in [4.69, 9.17) is 0 Å². The molecule has 0 aliphatic heterocycles. The van der Waals surface area contributed by atoms with Gasteiger partial charge in [-0.3, -0.25) is 0 Å². The van der Waals surface area contributed by atoms with Crippen LogP contribution in [0.4, 0.5) is 0 Å². The molecule has 0 aliphatic rings. The van der Waals surface area contributed by atoms with Gasteiger partial charge in [0.25, 0.3) is 0 Å². The molecule has 0 N–H and O–H groups in total. The number of benzene rings is 5. The standard InChI is InChI=1S/C30H20O4P2/c31-35(32)29-27(23-17-9-3-10-18-23)25(21-13-5-1-6-14-21)26(22-15-7-2-8-16-22)28(30(29)36(33)34)24-19-11-4-12-20-24/h1-20H. The van der Waals surface area contributed by atoms with Crippen LogP contribution in [0.2, 0.25) is 0 Å². The van der Waals surface area contributed by atoms with E-state index in [1.54, 1.807) is 0 Å². The maximum atomic E-state index is 12.9. The Labute approximate surface area is 211 Å². The molecular formula is C30H20O4P2. The molecule has 0 saturated heterocycles. The summed E-state index contributed by atoms with van der Waals surface area (Å²) in [5, 5.41) is -0.380. The van der Waals surface area contributed by atoms with Crippen LogP contribution in [0.15, 0.2) is 121 Å². The van der Waals surface area contributed by atoms with E-state index < -0.39 is 16.1 Å². The van der Waals surface area contributed by atoms with Crippen molar-refractivity contribution < 1.29 is 18.9 Å². The fraction of sp³-hybridized carbons (Fsp3) is 0. The van der Waals surface area contributed by atoms with Crippen molar-refractivity contribution >= 4 is 26.7 Å². The predicted molar refractivity (Wildman–Crippen MR) is 143 cm³/mol. The molecule has 0 bridgehead atoms. The van der Waals surface area contributed by atoms with Crippen molar-refractivity contribution in [2.24, 2.45) is 0 Å². The summed E-state index contributed by atoms with van der Waals surface area (Å²) in [5.41, 5.74) is 4.93. The van der Waals surface area contributed by atoms with Crippen LogP contribution in [-0.4, -0.2) is 0 Å². The lowest BCUT2D eigenvalue weighted by Gasteiger charge is -2.22. The lowest BCUT2D eigenvalue weighted by atomic mass is 9.82. The Kier molecular flexibility index (Phi) is 6.95. The first-order valence-corrected chi connectivity index (χ1v) is 13.7. The zero-order chi connectivity index (χ0) is 25.1. The first-order valence-electron chi connectivity index (χ1n) is 11.3. The molecule has 5 rings (SSSR count). The third-order valence-corrected chi connectivity index (χ3v) is 7.86. The fourth-order valence-corrected chi connectivity index (χ4v) is 6.54. The van der Waals surface area contributed by atoms with Crippen LogP contribution < -0.4 is 20.4 Å². The number of hydrogen-bond donors (Lipinski definition) is 0. The fourth-order valence-electron chi connectivity index (χ4n) is 4.64. The van der Waals surface area contributed by atoms with Crippen molar-refractivity contribution in [1.29, 1.82) is 0 Å². The van der Waals surface area contributed by atoms with E-state index in [1.807, 2.05) is 121 Å². The van der Waals surface area contributed by atoms with E-state index in [0.717, 1.165) is 11.1 Å².